The molecule has 2 aromatic rings. The maximum absolute atomic E-state index is 13.3. The number of allylic oxidation sites excluding steroid dienone is 2. The summed E-state index contributed by atoms with van der Waals surface area (Å²) in [4.78, 5) is 65.3. The average Bonchev–Trinajstić information content (AvgIpc) is 3.59. The number of hydrogen-bond acceptors (Lipinski definition) is 6. The number of amides is 4. The van der Waals surface area contributed by atoms with Gasteiger partial charge in [-0.05, 0) is 36.0 Å². The number of benzene rings is 2. The molecule has 5 atom stereocenters. The number of hydrazine groups is 1. The lowest BCUT2D eigenvalue weighted by Crippen LogP contribution is -2.49. The maximum Gasteiger partial charge on any atom is 0.330 e. The van der Waals surface area contributed by atoms with Crippen LogP contribution >= 0.6 is 11.6 Å². The van der Waals surface area contributed by atoms with Gasteiger partial charge in [-0.25, -0.2) is 4.79 Å². The second kappa shape index (κ2) is 10.2. The molecule has 9 nitrogen and oxygen atoms in total. The Labute approximate surface area is 217 Å². The predicted octanol–water partition coefficient (Wildman–Crippen LogP) is 2.06. The quantitative estimate of drug-likeness (QED) is 0.249. The van der Waals surface area contributed by atoms with E-state index in [4.69, 9.17) is 16.3 Å². The normalized spacial score (nSPS) is 24.1. The minimum Gasteiger partial charge on any atom is -0.454 e. The SMILES string of the molecule is O=C(COC(=O)[C@H](Cc1ccccc1)N1C(=O)[C@@H]2[C@H](C1=O)[C@H]1C=C[C@H]2C1)NNC(=O)c1ccccc1Cl. The predicted molar refractivity (Wildman–Crippen MR) is 132 cm³/mol. The van der Waals surface area contributed by atoms with Gasteiger partial charge < -0.3 is 4.74 Å². The topological polar surface area (TPSA) is 122 Å². The first-order valence-electron chi connectivity index (χ1n) is 11.9. The molecule has 0 unspecified atom stereocenters. The molecule has 1 saturated heterocycles. The van der Waals surface area contributed by atoms with E-state index in [0.717, 1.165) is 16.9 Å². The lowest BCUT2D eigenvalue weighted by atomic mass is 9.85. The summed E-state index contributed by atoms with van der Waals surface area (Å²) < 4.78 is 5.21. The van der Waals surface area contributed by atoms with Gasteiger partial charge in [-0.2, -0.15) is 0 Å². The van der Waals surface area contributed by atoms with Crippen molar-refractivity contribution in [2.45, 2.75) is 18.9 Å². The van der Waals surface area contributed by atoms with Crippen LogP contribution in [0.15, 0.2) is 66.7 Å². The fourth-order valence-corrected chi connectivity index (χ4v) is 5.68. The summed E-state index contributed by atoms with van der Waals surface area (Å²) in [5, 5.41) is 0.206. The van der Waals surface area contributed by atoms with E-state index in [9.17, 15) is 24.0 Å². The van der Waals surface area contributed by atoms with Crippen molar-refractivity contribution in [1.82, 2.24) is 15.8 Å². The van der Waals surface area contributed by atoms with E-state index in [2.05, 4.69) is 10.9 Å². The van der Waals surface area contributed by atoms with Crippen LogP contribution in [0, 0.1) is 23.7 Å². The van der Waals surface area contributed by atoms with Crippen LogP contribution in [0.2, 0.25) is 5.02 Å². The Morgan fingerprint density at radius 3 is 2.19 bits per heavy atom. The highest BCUT2D eigenvalue weighted by molar-refractivity contribution is 6.33. The van der Waals surface area contributed by atoms with Crippen LogP contribution in [0.4, 0.5) is 0 Å². The van der Waals surface area contributed by atoms with Crippen LogP contribution in [0.1, 0.15) is 22.3 Å². The zero-order valence-corrected chi connectivity index (χ0v) is 20.4. The monoisotopic (exact) mass is 521 g/mol. The number of carbonyl (C=O) groups excluding carboxylic acids is 5. The van der Waals surface area contributed by atoms with Crippen molar-refractivity contribution in [3.05, 3.63) is 82.9 Å². The Balaban J connectivity index is 1.25. The number of likely N-dealkylation sites (tertiary alicyclic amines) is 1. The molecule has 2 aliphatic carbocycles. The van der Waals surface area contributed by atoms with Gasteiger partial charge in [-0.3, -0.25) is 34.9 Å². The molecule has 4 amide bonds. The molecule has 10 heteroatoms. The average molecular weight is 522 g/mol. The molecule has 2 aromatic carbocycles. The third kappa shape index (κ3) is 4.74. The highest BCUT2D eigenvalue weighted by Crippen LogP contribution is 2.53. The molecule has 3 aliphatic rings. The Bertz CT molecular complexity index is 1270. The van der Waals surface area contributed by atoms with Crippen LogP contribution in [0.3, 0.4) is 0 Å². The first-order chi connectivity index (χ1) is 17.8. The lowest BCUT2D eigenvalue weighted by Gasteiger charge is -2.26. The van der Waals surface area contributed by atoms with Crippen molar-refractivity contribution in [2.24, 2.45) is 23.7 Å². The van der Waals surface area contributed by atoms with Crippen LogP contribution in [-0.2, 0) is 30.3 Å². The van der Waals surface area contributed by atoms with Gasteiger partial charge in [-0.15, -0.1) is 0 Å². The summed E-state index contributed by atoms with van der Waals surface area (Å²) >= 11 is 5.97. The van der Waals surface area contributed by atoms with Crippen molar-refractivity contribution in [2.75, 3.05) is 6.61 Å². The molecule has 0 aromatic heterocycles. The summed E-state index contributed by atoms with van der Waals surface area (Å²) in [5.41, 5.74) is 5.26. The van der Waals surface area contributed by atoms with Crippen LogP contribution in [0.25, 0.3) is 0 Å². The number of carbonyl (C=O) groups is 5. The Morgan fingerprint density at radius 1 is 0.919 bits per heavy atom. The summed E-state index contributed by atoms with van der Waals surface area (Å²) in [5.74, 6) is -4.00. The number of esters is 1. The van der Waals surface area contributed by atoms with Gasteiger partial charge >= 0.3 is 5.97 Å². The van der Waals surface area contributed by atoms with Gasteiger partial charge in [0, 0.05) is 6.42 Å². The van der Waals surface area contributed by atoms with Crippen molar-refractivity contribution < 1.29 is 28.7 Å². The van der Waals surface area contributed by atoms with E-state index in [-0.39, 0.29) is 40.7 Å². The molecule has 5 rings (SSSR count). The number of imide groups is 1. The third-order valence-electron chi connectivity index (χ3n) is 7.14. The molecule has 190 valence electrons. The van der Waals surface area contributed by atoms with Crippen LogP contribution in [-0.4, -0.2) is 47.1 Å². The molecule has 1 saturated carbocycles. The van der Waals surface area contributed by atoms with Gasteiger partial charge in [0.2, 0.25) is 11.8 Å². The fourth-order valence-electron chi connectivity index (χ4n) is 5.46. The summed E-state index contributed by atoms with van der Waals surface area (Å²) in [6, 6.07) is 14.1. The van der Waals surface area contributed by atoms with E-state index in [0.29, 0.717) is 0 Å². The fraction of sp³-hybridized carbons (Fsp3) is 0.296. The highest BCUT2D eigenvalue weighted by atomic mass is 35.5. The zero-order valence-electron chi connectivity index (χ0n) is 19.6. The van der Waals surface area contributed by atoms with Gasteiger partial charge in [0.15, 0.2) is 6.61 Å². The number of fused-ring (bicyclic) bond motifs is 5. The second-order valence-electron chi connectivity index (χ2n) is 9.34. The van der Waals surface area contributed by atoms with E-state index >= 15 is 0 Å². The number of rotatable bonds is 7. The van der Waals surface area contributed by atoms with E-state index in [1.807, 2.05) is 18.2 Å². The minimum atomic E-state index is -1.21. The largest absolute Gasteiger partial charge is 0.454 e. The standard InChI is InChI=1S/C27H24ClN3O6/c28-19-9-5-4-8-18(19)24(33)30-29-21(32)14-37-27(36)20(12-15-6-2-1-3-7-15)31-25(34)22-16-10-11-17(13-16)23(22)26(31)35/h1-11,16-17,20,22-23H,12-14H2,(H,29,32)(H,30,33)/t16-,17-,20-,22-,23+/m0/s1. The molecular weight excluding hydrogens is 498 g/mol. The molecule has 37 heavy (non-hydrogen) atoms. The Morgan fingerprint density at radius 2 is 1.54 bits per heavy atom. The number of nitrogens with one attached hydrogen (secondary N) is 2. The van der Waals surface area contributed by atoms with Gasteiger partial charge in [0.1, 0.15) is 6.04 Å². The van der Waals surface area contributed by atoms with Gasteiger partial charge in [-0.1, -0.05) is 66.2 Å². The first-order valence-corrected chi connectivity index (χ1v) is 12.3. The van der Waals surface area contributed by atoms with E-state index in [1.165, 1.54) is 12.1 Å². The number of ether oxygens (including phenoxy) is 1. The van der Waals surface area contributed by atoms with Crippen LogP contribution < -0.4 is 10.9 Å². The van der Waals surface area contributed by atoms with Crippen LogP contribution in [0.5, 0.6) is 0 Å². The lowest BCUT2D eigenvalue weighted by molar-refractivity contribution is -0.160. The molecule has 2 N–H and O–H groups in total. The van der Waals surface area contributed by atoms with Crippen molar-refractivity contribution in [3.63, 3.8) is 0 Å². The molecule has 2 fully saturated rings. The smallest absolute Gasteiger partial charge is 0.330 e. The Hall–Kier alpha value is -3.98. The molecule has 2 bridgehead atoms. The Kier molecular flexibility index (Phi) is 6.80. The molecule has 0 spiro atoms. The molecule has 0 radical (unpaired) electrons. The summed E-state index contributed by atoms with van der Waals surface area (Å²) in [6.07, 6.45) is 4.79. The summed E-state index contributed by atoms with van der Waals surface area (Å²) in [7, 11) is 0. The maximum atomic E-state index is 13.3. The molecule has 1 heterocycles. The van der Waals surface area contributed by atoms with E-state index in [1.54, 1.807) is 36.4 Å². The van der Waals surface area contributed by atoms with Gasteiger partial charge in [0.25, 0.3) is 11.8 Å². The third-order valence-corrected chi connectivity index (χ3v) is 7.47. The van der Waals surface area contributed by atoms with Crippen molar-refractivity contribution in [3.8, 4) is 0 Å². The minimum absolute atomic E-state index is 0.00245. The number of nitrogens with zero attached hydrogens (tertiary/aromatic N) is 1. The first kappa shape index (κ1) is 24.7. The zero-order chi connectivity index (χ0) is 26.1. The summed E-state index contributed by atoms with van der Waals surface area (Å²) in [6.45, 7) is -0.719. The molecule has 1 aliphatic heterocycles. The van der Waals surface area contributed by atoms with Crippen molar-refractivity contribution >= 4 is 41.2 Å². The number of halogens is 1. The van der Waals surface area contributed by atoms with E-state index < -0.39 is 42.3 Å². The number of hydrogen-bond donors (Lipinski definition) is 2. The second-order valence-corrected chi connectivity index (χ2v) is 9.75. The van der Waals surface area contributed by atoms with Crippen molar-refractivity contribution in [1.29, 1.82) is 0 Å². The molecular formula is C27H24ClN3O6. The highest BCUT2D eigenvalue weighted by Gasteiger charge is 2.61. The van der Waals surface area contributed by atoms with Gasteiger partial charge in [0.05, 0.1) is 22.4 Å².